The van der Waals surface area contributed by atoms with Gasteiger partial charge in [0.2, 0.25) is 5.95 Å². The first-order valence-electron chi connectivity index (χ1n) is 10.8. The van der Waals surface area contributed by atoms with Crippen LogP contribution in [0.25, 0.3) is 33.7 Å². The van der Waals surface area contributed by atoms with Crippen molar-refractivity contribution in [2.75, 3.05) is 19.6 Å². The second-order valence-corrected chi connectivity index (χ2v) is 8.12. The molecule has 0 bridgehead atoms. The van der Waals surface area contributed by atoms with Crippen LogP contribution < -0.4 is 5.73 Å². The van der Waals surface area contributed by atoms with Crippen LogP contribution in [0.3, 0.4) is 0 Å². The Labute approximate surface area is 200 Å². The Bertz CT molecular complexity index is 1510. The number of nitrogens with one attached hydrogen (secondary N) is 1. The first kappa shape index (κ1) is 22.6. The number of halogens is 1. The number of aromatic nitrogens is 7. The maximum absolute atomic E-state index is 14.9. The molecule has 11 heteroatoms. The number of H-pyrrole nitrogens is 1. The molecule has 0 saturated heterocycles. The Morgan fingerprint density at radius 3 is 2.71 bits per heavy atom. The summed E-state index contributed by atoms with van der Waals surface area (Å²) in [5.41, 5.74) is 9.29. The SMILES string of the molecule is COCOC(C)(c1cc(-c2c[nH]c3ncc(-c4cnn(C)c4)nc23)nc(N)n1)c1ccccc1F. The maximum atomic E-state index is 14.9. The number of fused-ring (bicyclic) bond motifs is 1. The van der Waals surface area contributed by atoms with Gasteiger partial charge in [0.1, 0.15) is 23.7 Å². The van der Waals surface area contributed by atoms with Gasteiger partial charge >= 0.3 is 0 Å². The van der Waals surface area contributed by atoms with Crippen LogP contribution in [-0.2, 0) is 22.1 Å². The van der Waals surface area contributed by atoms with Gasteiger partial charge in [0.15, 0.2) is 5.65 Å². The van der Waals surface area contributed by atoms with Gasteiger partial charge in [-0.1, -0.05) is 18.2 Å². The molecule has 1 unspecified atom stereocenters. The number of hydrogen-bond acceptors (Lipinski definition) is 8. The minimum absolute atomic E-state index is 0.00630. The Kier molecular flexibility index (Phi) is 5.71. The largest absolute Gasteiger partial charge is 0.368 e. The van der Waals surface area contributed by atoms with E-state index in [1.165, 1.54) is 13.2 Å². The van der Waals surface area contributed by atoms with Crippen molar-refractivity contribution in [3.63, 3.8) is 0 Å². The highest BCUT2D eigenvalue weighted by Gasteiger charge is 2.35. The standard InChI is InChI=1S/C24H23FN8O2/c1-24(35-13-34-3,16-6-4-5-7-17(16)25)20-8-18(31-23(26)32-20)15-10-27-22-21(15)30-19(11-28-22)14-9-29-33(2)12-14/h4-12H,13H2,1-3H3,(H,27,28)(H2,26,31,32). The summed E-state index contributed by atoms with van der Waals surface area (Å²) in [5.74, 6) is -0.435. The molecule has 5 aromatic rings. The third-order valence-corrected chi connectivity index (χ3v) is 5.74. The minimum atomic E-state index is -1.30. The van der Waals surface area contributed by atoms with E-state index in [0.29, 0.717) is 39.4 Å². The number of ether oxygens (including phenoxy) is 2. The van der Waals surface area contributed by atoms with Crippen molar-refractivity contribution >= 4 is 17.1 Å². The van der Waals surface area contributed by atoms with Gasteiger partial charge in [-0.25, -0.2) is 24.3 Å². The zero-order valence-corrected chi connectivity index (χ0v) is 19.4. The molecular weight excluding hydrogens is 451 g/mol. The highest BCUT2D eigenvalue weighted by molar-refractivity contribution is 5.90. The van der Waals surface area contributed by atoms with Crippen molar-refractivity contribution < 1.29 is 13.9 Å². The van der Waals surface area contributed by atoms with Gasteiger partial charge in [-0.15, -0.1) is 0 Å². The molecule has 35 heavy (non-hydrogen) atoms. The number of nitrogen functional groups attached to an aromatic ring is 1. The highest BCUT2D eigenvalue weighted by atomic mass is 19.1. The summed E-state index contributed by atoms with van der Waals surface area (Å²) in [7, 11) is 3.33. The second kappa shape index (κ2) is 8.85. The summed E-state index contributed by atoms with van der Waals surface area (Å²) < 4.78 is 27.6. The number of rotatable bonds is 7. The molecule has 0 aliphatic heterocycles. The van der Waals surface area contributed by atoms with Crippen molar-refractivity contribution in [3.05, 3.63) is 72.2 Å². The highest BCUT2D eigenvalue weighted by Crippen LogP contribution is 2.36. The zero-order chi connectivity index (χ0) is 24.6. The molecule has 0 fully saturated rings. The van der Waals surface area contributed by atoms with Crippen LogP contribution in [0.2, 0.25) is 0 Å². The van der Waals surface area contributed by atoms with Crippen molar-refractivity contribution in [1.29, 1.82) is 0 Å². The fourth-order valence-corrected chi connectivity index (χ4v) is 3.94. The molecule has 5 rings (SSSR count). The molecule has 1 aromatic carbocycles. The molecule has 0 spiro atoms. The summed E-state index contributed by atoms with van der Waals surface area (Å²) in [6.07, 6.45) is 7.00. The molecule has 0 amide bonds. The number of aromatic amines is 1. The van der Waals surface area contributed by atoms with E-state index in [-0.39, 0.29) is 12.7 Å². The normalized spacial score (nSPS) is 13.3. The van der Waals surface area contributed by atoms with Gasteiger partial charge < -0.3 is 20.2 Å². The fraction of sp³-hybridized carbons (Fsp3) is 0.208. The van der Waals surface area contributed by atoms with Crippen LogP contribution in [0.15, 0.2) is 55.1 Å². The third-order valence-electron chi connectivity index (χ3n) is 5.74. The molecule has 0 saturated carbocycles. The molecule has 4 heterocycles. The number of nitrogens with zero attached hydrogens (tertiary/aromatic N) is 6. The lowest BCUT2D eigenvalue weighted by molar-refractivity contribution is -0.110. The topological polar surface area (TPSA) is 130 Å². The van der Waals surface area contributed by atoms with Gasteiger partial charge in [-0.2, -0.15) is 5.10 Å². The van der Waals surface area contributed by atoms with Crippen LogP contribution >= 0.6 is 0 Å². The molecule has 1 atom stereocenters. The Balaban J connectivity index is 1.65. The van der Waals surface area contributed by atoms with Crippen molar-refractivity contribution in [2.24, 2.45) is 7.05 Å². The molecule has 3 N–H and O–H groups in total. The predicted molar refractivity (Wildman–Crippen MR) is 127 cm³/mol. The predicted octanol–water partition coefficient (Wildman–Crippen LogP) is 3.42. The number of benzene rings is 1. The van der Waals surface area contributed by atoms with Crippen LogP contribution in [0.5, 0.6) is 0 Å². The van der Waals surface area contributed by atoms with E-state index in [9.17, 15) is 4.39 Å². The summed E-state index contributed by atoms with van der Waals surface area (Å²) in [6.45, 7) is 1.63. The first-order chi connectivity index (χ1) is 16.9. The number of methoxy groups -OCH3 is 1. The number of anilines is 1. The average Bonchev–Trinajstić information content (AvgIpc) is 3.48. The van der Waals surface area contributed by atoms with Crippen molar-refractivity contribution in [3.8, 4) is 22.5 Å². The minimum Gasteiger partial charge on any atom is -0.368 e. The van der Waals surface area contributed by atoms with E-state index in [1.54, 1.807) is 54.5 Å². The van der Waals surface area contributed by atoms with Gasteiger partial charge in [-0.3, -0.25) is 4.68 Å². The lowest BCUT2D eigenvalue weighted by atomic mass is 9.90. The van der Waals surface area contributed by atoms with Crippen molar-refractivity contribution in [2.45, 2.75) is 12.5 Å². The number of aryl methyl sites for hydroxylation is 1. The summed E-state index contributed by atoms with van der Waals surface area (Å²) >= 11 is 0. The Morgan fingerprint density at radius 1 is 1.14 bits per heavy atom. The second-order valence-electron chi connectivity index (χ2n) is 8.12. The van der Waals surface area contributed by atoms with E-state index < -0.39 is 11.4 Å². The molecule has 0 radical (unpaired) electrons. The molecule has 0 aliphatic carbocycles. The zero-order valence-electron chi connectivity index (χ0n) is 19.4. The van der Waals surface area contributed by atoms with Crippen LogP contribution in [-0.4, -0.2) is 48.6 Å². The average molecular weight is 475 g/mol. The van der Waals surface area contributed by atoms with Crippen LogP contribution in [0.4, 0.5) is 10.3 Å². The number of nitrogens with two attached hydrogens (primary N) is 1. The lowest BCUT2D eigenvalue weighted by Crippen LogP contribution is -2.31. The molecule has 0 aliphatic rings. The summed E-state index contributed by atoms with van der Waals surface area (Å²) in [4.78, 5) is 21.2. The Hall–Kier alpha value is -4.22. The Morgan fingerprint density at radius 2 is 1.97 bits per heavy atom. The van der Waals surface area contributed by atoms with Crippen molar-refractivity contribution in [1.82, 2.24) is 34.7 Å². The lowest BCUT2D eigenvalue weighted by Gasteiger charge is -2.30. The van der Waals surface area contributed by atoms with Gasteiger partial charge in [0.05, 0.1) is 29.5 Å². The number of hydrogen-bond donors (Lipinski definition) is 2. The van der Waals surface area contributed by atoms with Gasteiger partial charge in [0.25, 0.3) is 0 Å². The van der Waals surface area contributed by atoms with E-state index in [2.05, 4.69) is 25.0 Å². The molecule has 10 nitrogen and oxygen atoms in total. The first-order valence-corrected chi connectivity index (χ1v) is 10.8. The quantitative estimate of drug-likeness (QED) is 0.343. The summed E-state index contributed by atoms with van der Waals surface area (Å²) in [6, 6.07) is 8.05. The molecular formula is C24H23FN8O2. The maximum Gasteiger partial charge on any atom is 0.220 e. The van der Waals surface area contributed by atoms with E-state index >= 15 is 0 Å². The smallest absolute Gasteiger partial charge is 0.220 e. The fourth-order valence-electron chi connectivity index (χ4n) is 3.94. The third kappa shape index (κ3) is 4.11. The van der Waals surface area contributed by atoms with E-state index in [4.69, 9.17) is 20.2 Å². The van der Waals surface area contributed by atoms with Gasteiger partial charge in [-0.05, 0) is 19.1 Å². The van der Waals surface area contributed by atoms with Crippen LogP contribution in [0.1, 0.15) is 18.2 Å². The van der Waals surface area contributed by atoms with Gasteiger partial charge in [0, 0.05) is 43.2 Å². The van der Waals surface area contributed by atoms with E-state index in [1.807, 2.05) is 13.2 Å². The van der Waals surface area contributed by atoms with Crippen LogP contribution in [0, 0.1) is 5.82 Å². The van der Waals surface area contributed by atoms with E-state index in [0.717, 1.165) is 5.56 Å². The molecule has 178 valence electrons. The monoisotopic (exact) mass is 474 g/mol. The summed E-state index contributed by atoms with van der Waals surface area (Å²) in [5, 5.41) is 4.20. The molecule has 4 aromatic heterocycles.